The Hall–Kier alpha value is -2.16. The van der Waals surface area contributed by atoms with Gasteiger partial charge >= 0.3 is 7.60 Å². The fourth-order valence-electron chi connectivity index (χ4n) is 2.23. The van der Waals surface area contributed by atoms with E-state index in [1.165, 1.54) is 24.3 Å². The van der Waals surface area contributed by atoms with Crippen LogP contribution in [0.15, 0.2) is 48.5 Å². The molecule has 1 atom stereocenters. The Bertz CT molecular complexity index is 749. The predicted molar refractivity (Wildman–Crippen MR) is 85.8 cm³/mol. The summed E-state index contributed by atoms with van der Waals surface area (Å²) in [5.74, 6) is -0.510. The molecule has 0 aliphatic rings. The summed E-state index contributed by atoms with van der Waals surface area (Å²) in [7, 11) is -2.88. The van der Waals surface area contributed by atoms with Crippen LogP contribution in [0.5, 0.6) is 5.75 Å². The number of hydrogen-bond donors (Lipinski definition) is 3. The zero-order chi connectivity index (χ0) is 16.9. The first-order valence-electron chi connectivity index (χ1n) is 6.86. The van der Waals surface area contributed by atoms with Crippen molar-refractivity contribution in [1.82, 2.24) is 5.32 Å². The maximum absolute atomic E-state index is 11.8. The SMILES string of the molecule is COc1ccccc1CN[C@H](c1ccc(C#N)cc1)P(=O)(O)O. The van der Waals surface area contributed by atoms with Crippen LogP contribution in [0.25, 0.3) is 0 Å². The van der Waals surface area contributed by atoms with Crippen LogP contribution in [0.1, 0.15) is 22.5 Å². The van der Waals surface area contributed by atoms with Gasteiger partial charge in [0.25, 0.3) is 0 Å². The lowest BCUT2D eigenvalue weighted by molar-refractivity contribution is 0.346. The fraction of sp³-hybridized carbons (Fsp3) is 0.188. The van der Waals surface area contributed by atoms with Crippen molar-refractivity contribution in [3.8, 4) is 11.8 Å². The summed E-state index contributed by atoms with van der Waals surface area (Å²) in [5, 5.41) is 11.7. The van der Waals surface area contributed by atoms with Crippen LogP contribution in [0, 0.1) is 11.3 Å². The minimum absolute atomic E-state index is 0.236. The number of hydrogen-bond acceptors (Lipinski definition) is 4. The number of rotatable bonds is 6. The maximum Gasteiger partial charge on any atom is 0.346 e. The molecule has 0 radical (unpaired) electrons. The zero-order valence-electron chi connectivity index (χ0n) is 12.5. The van der Waals surface area contributed by atoms with Gasteiger partial charge in [-0.1, -0.05) is 30.3 Å². The molecule has 3 N–H and O–H groups in total. The predicted octanol–water partition coefficient (Wildman–Crippen LogP) is 2.53. The molecule has 6 nitrogen and oxygen atoms in total. The van der Waals surface area contributed by atoms with Gasteiger partial charge in [-0.05, 0) is 23.8 Å². The summed E-state index contributed by atoms with van der Waals surface area (Å²) in [6.45, 7) is 0.236. The highest BCUT2D eigenvalue weighted by Crippen LogP contribution is 2.50. The van der Waals surface area contributed by atoms with Gasteiger partial charge in [-0.25, -0.2) is 0 Å². The molecule has 120 valence electrons. The number of methoxy groups -OCH3 is 1. The largest absolute Gasteiger partial charge is 0.496 e. The summed E-state index contributed by atoms with van der Waals surface area (Å²) in [6.07, 6.45) is 0. The summed E-state index contributed by atoms with van der Waals surface area (Å²) < 4.78 is 17.0. The minimum Gasteiger partial charge on any atom is -0.496 e. The van der Waals surface area contributed by atoms with E-state index in [2.05, 4.69) is 5.32 Å². The lowest BCUT2D eigenvalue weighted by atomic mass is 10.1. The molecule has 0 bridgehead atoms. The minimum atomic E-state index is -4.42. The summed E-state index contributed by atoms with van der Waals surface area (Å²) in [4.78, 5) is 19.2. The van der Waals surface area contributed by atoms with Crippen LogP contribution in [0.4, 0.5) is 0 Å². The molecule has 2 aromatic carbocycles. The first-order chi connectivity index (χ1) is 11.0. The van der Waals surface area contributed by atoms with E-state index < -0.39 is 13.4 Å². The van der Waals surface area contributed by atoms with Crippen molar-refractivity contribution in [2.45, 2.75) is 12.3 Å². The van der Waals surface area contributed by atoms with Gasteiger partial charge in [0.05, 0.1) is 18.7 Å². The Balaban J connectivity index is 2.23. The zero-order valence-corrected chi connectivity index (χ0v) is 13.4. The second-order valence-corrected chi connectivity index (χ2v) is 6.61. The van der Waals surface area contributed by atoms with Gasteiger partial charge in [0.2, 0.25) is 0 Å². The average molecular weight is 332 g/mol. The van der Waals surface area contributed by atoms with Gasteiger partial charge in [-0.3, -0.25) is 9.88 Å². The Labute approximate surface area is 134 Å². The smallest absolute Gasteiger partial charge is 0.346 e. The Morgan fingerprint density at radius 2 is 1.87 bits per heavy atom. The van der Waals surface area contributed by atoms with Crippen molar-refractivity contribution in [1.29, 1.82) is 5.26 Å². The number of para-hydroxylation sites is 1. The molecular weight excluding hydrogens is 315 g/mol. The Morgan fingerprint density at radius 1 is 1.22 bits per heavy atom. The molecule has 0 saturated heterocycles. The number of nitriles is 1. The number of nitrogens with zero attached hydrogens (tertiary/aromatic N) is 1. The third-order valence-electron chi connectivity index (χ3n) is 3.37. The fourth-order valence-corrected chi connectivity index (χ4v) is 3.12. The van der Waals surface area contributed by atoms with E-state index in [4.69, 9.17) is 10.00 Å². The molecule has 2 aromatic rings. The van der Waals surface area contributed by atoms with Crippen LogP contribution in [-0.2, 0) is 11.1 Å². The lowest BCUT2D eigenvalue weighted by Crippen LogP contribution is -2.21. The normalized spacial score (nSPS) is 12.4. The molecule has 7 heteroatoms. The molecule has 2 rings (SSSR count). The first-order valence-corrected chi connectivity index (χ1v) is 8.54. The number of benzene rings is 2. The van der Waals surface area contributed by atoms with Crippen molar-refractivity contribution in [3.63, 3.8) is 0 Å². The highest BCUT2D eigenvalue weighted by Gasteiger charge is 2.30. The van der Waals surface area contributed by atoms with Crippen LogP contribution >= 0.6 is 7.60 Å². The number of nitrogens with one attached hydrogen (secondary N) is 1. The Kier molecular flexibility index (Phi) is 5.54. The molecule has 23 heavy (non-hydrogen) atoms. The van der Waals surface area contributed by atoms with Crippen molar-refractivity contribution in [2.24, 2.45) is 0 Å². The quantitative estimate of drug-likeness (QED) is 0.703. The molecule has 0 unspecified atom stereocenters. The lowest BCUT2D eigenvalue weighted by Gasteiger charge is -2.21. The van der Waals surface area contributed by atoms with E-state index in [1.54, 1.807) is 13.2 Å². The molecule has 0 amide bonds. The highest BCUT2D eigenvalue weighted by atomic mass is 31.2. The third-order valence-corrected chi connectivity index (χ3v) is 4.52. The van der Waals surface area contributed by atoms with Gasteiger partial charge in [0, 0.05) is 12.1 Å². The van der Waals surface area contributed by atoms with Gasteiger partial charge in [-0.15, -0.1) is 0 Å². The maximum atomic E-state index is 11.8. The van der Waals surface area contributed by atoms with Gasteiger partial charge in [-0.2, -0.15) is 5.26 Å². The van der Waals surface area contributed by atoms with Crippen molar-refractivity contribution < 1.29 is 19.1 Å². The van der Waals surface area contributed by atoms with E-state index in [0.29, 0.717) is 16.9 Å². The van der Waals surface area contributed by atoms with E-state index >= 15 is 0 Å². The van der Waals surface area contributed by atoms with E-state index in [-0.39, 0.29) is 6.54 Å². The average Bonchev–Trinajstić information content (AvgIpc) is 2.55. The van der Waals surface area contributed by atoms with Crippen LogP contribution in [-0.4, -0.2) is 16.9 Å². The topological polar surface area (TPSA) is 103 Å². The molecule has 0 aliphatic heterocycles. The van der Waals surface area contributed by atoms with E-state index in [1.807, 2.05) is 24.3 Å². The summed E-state index contributed by atoms with van der Waals surface area (Å²) >= 11 is 0. The standard InChI is InChI=1S/C16H17N2O4P/c1-22-15-5-3-2-4-14(15)11-18-16(23(19,20)21)13-8-6-12(10-17)7-9-13/h2-9,16,18H,11H2,1H3,(H2,19,20,21)/t16-/m0/s1. The molecule has 0 aromatic heterocycles. The molecule has 0 heterocycles. The van der Waals surface area contributed by atoms with Crippen LogP contribution in [0.3, 0.4) is 0 Å². The third kappa shape index (κ3) is 4.41. The van der Waals surface area contributed by atoms with Crippen molar-refractivity contribution in [2.75, 3.05) is 7.11 Å². The van der Waals surface area contributed by atoms with E-state index in [9.17, 15) is 14.4 Å². The summed E-state index contributed by atoms with van der Waals surface area (Å²) in [5.41, 5.74) is 1.65. The van der Waals surface area contributed by atoms with Gasteiger partial charge in [0.1, 0.15) is 11.5 Å². The molecular formula is C16H17N2O4P. The van der Waals surface area contributed by atoms with Crippen molar-refractivity contribution >= 4 is 7.60 Å². The van der Waals surface area contributed by atoms with Crippen LogP contribution in [0.2, 0.25) is 0 Å². The monoisotopic (exact) mass is 332 g/mol. The molecule has 0 saturated carbocycles. The first kappa shape index (κ1) is 17.2. The van der Waals surface area contributed by atoms with Gasteiger partial charge in [0.15, 0.2) is 0 Å². The summed E-state index contributed by atoms with van der Waals surface area (Å²) in [6, 6.07) is 15.4. The second-order valence-electron chi connectivity index (χ2n) is 4.92. The van der Waals surface area contributed by atoms with E-state index in [0.717, 1.165) is 5.56 Å². The highest BCUT2D eigenvalue weighted by molar-refractivity contribution is 7.52. The van der Waals surface area contributed by atoms with Gasteiger partial charge < -0.3 is 14.5 Å². The molecule has 0 spiro atoms. The van der Waals surface area contributed by atoms with Crippen LogP contribution < -0.4 is 10.1 Å². The van der Waals surface area contributed by atoms with Crippen molar-refractivity contribution in [3.05, 3.63) is 65.2 Å². The number of ether oxygens (including phenoxy) is 1. The molecule has 0 aliphatic carbocycles. The Morgan fingerprint density at radius 3 is 2.43 bits per heavy atom. The second kappa shape index (κ2) is 7.40. The molecule has 0 fully saturated rings.